The zero-order valence-corrected chi connectivity index (χ0v) is 14.9. The van der Waals surface area contributed by atoms with Crippen LogP contribution >= 0.6 is 11.7 Å². The van der Waals surface area contributed by atoms with Crippen LogP contribution in [0.15, 0.2) is 42.5 Å². The van der Waals surface area contributed by atoms with Crippen molar-refractivity contribution in [3.05, 3.63) is 42.5 Å². The number of anilines is 1. The van der Waals surface area contributed by atoms with E-state index in [0.717, 1.165) is 27.8 Å². The highest BCUT2D eigenvalue weighted by atomic mass is 32.1. The van der Waals surface area contributed by atoms with Crippen LogP contribution in [-0.2, 0) is 4.74 Å². The van der Waals surface area contributed by atoms with Crippen molar-refractivity contribution in [2.45, 2.75) is 26.4 Å². The van der Waals surface area contributed by atoms with Gasteiger partial charge in [0.2, 0.25) is 0 Å². The number of benzene rings is 2. The minimum Gasteiger partial charge on any atom is -0.443 e. The van der Waals surface area contributed by atoms with E-state index in [0.29, 0.717) is 0 Å². The van der Waals surface area contributed by atoms with Crippen LogP contribution in [0.3, 0.4) is 0 Å². The Morgan fingerprint density at radius 3 is 2.29 bits per heavy atom. The molecule has 1 heterocycles. The Labute approximate surface area is 145 Å². The number of ether oxygens (including phenoxy) is 1. The Bertz CT molecular complexity index is 866. The largest absolute Gasteiger partial charge is 0.443 e. The van der Waals surface area contributed by atoms with Crippen LogP contribution in [0.5, 0.6) is 0 Å². The summed E-state index contributed by atoms with van der Waals surface area (Å²) in [6.45, 7) is 5.56. The first kappa shape index (κ1) is 16.4. The van der Waals surface area contributed by atoms with Gasteiger partial charge in [-0.05, 0) is 56.2 Å². The quantitative estimate of drug-likeness (QED) is 0.676. The molecule has 0 unspecified atom stereocenters. The molecule has 124 valence electrons. The lowest BCUT2D eigenvalue weighted by molar-refractivity contribution is 0.0589. The first-order chi connectivity index (χ1) is 11.3. The molecule has 0 aliphatic rings. The molecule has 0 bridgehead atoms. The van der Waals surface area contributed by atoms with Crippen LogP contribution in [0.2, 0.25) is 0 Å². The third kappa shape index (κ3) is 3.54. The molecule has 2 aromatic carbocycles. The molecular formula is C18H19N3O2S. The van der Waals surface area contributed by atoms with E-state index < -0.39 is 5.60 Å². The molecule has 0 saturated carbocycles. The zero-order chi connectivity index (χ0) is 17.3. The average Bonchev–Trinajstić information content (AvgIpc) is 3.00. The Hall–Kier alpha value is -2.47. The molecule has 3 aromatic rings. The van der Waals surface area contributed by atoms with Gasteiger partial charge in [0.15, 0.2) is 0 Å². The van der Waals surface area contributed by atoms with E-state index in [-0.39, 0.29) is 6.09 Å². The zero-order valence-electron chi connectivity index (χ0n) is 14.1. The summed E-state index contributed by atoms with van der Waals surface area (Å²) in [6, 6.07) is 13.8. The summed E-state index contributed by atoms with van der Waals surface area (Å²) < 4.78 is 13.9. The number of aromatic nitrogens is 2. The summed E-state index contributed by atoms with van der Waals surface area (Å²) in [4.78, 5) is 13.6. The third-order valence-corrected chi connectivity index (χ3v) is 4.07. The molecule has 0 N–H and O–H groups in total. The lowest BCUT2D eigenvalue weighted by atomic mass is 10.0. The molecule has 0 aliphatic carbocycles. The maximum Gasteiger partial charge on any atom is 0.414 e. The number of carbonyl (C=O) groups excluding carboxylic acids is 1. The summed E-state index contributed by atoms with van der Waals surface area (Å²) in [6.07, 6.45) is -0.370. The fourth-order valence-electron chi connectivity index (χ4n) is 2.27. The van der Waals surface area contributed by atoms with Gasteiger partial charge in [0.25, 0.3) is 0 Å². The van der Waals surface area contributed by atoms with Crippen LogP contribution in [0, 0.1) is 0 Å². The topological polar surface area (TPSA) is 55.3 Å². The van der Waals surface area contributed by atoms with Crippen LogP contribution in [0.4, 0.5) is 10.5 Å². The smallest absolute Gasteiger partial charge is 0.414 e. The summed E-state index contributed by atoms with van der Waals surface area (Å²) in [5, 5.41) is 0. The van der Waals surface area contributed by atoms with Crippen molar-refractivity contribution < 1.29 is 9.53 Å². The van der Waals surface area contributed by atoms with Crippen molar-refractivity contribution in [3.8, 4) is 11.1 Å². The van der Waals surface area contributed by atoms with Gasteiger partial charge in [-0.25, -0.2) is 4.79 Å². The predicted molar refractivity (Wildman–Crippen MR) is 97.5 cm³/mol. The lowest BCUT2D eigenvalue weighted by Crippen LogP contribution is -2.34. The summed E-state index contributed by atoms with van der Waals surface area (Å²) in [5.41, 5.74) is 4.21. The van der Waals surface area contributed by atoms with E-state index in [1.807, 2.05) is 63.2 Å². The molecule has 0 fully saturated rings. The Morgan fingerprint density at radius 1 is 1.00 bits per heavy atom. The molecule has 5 nitrogen and oxygen atoms in total. The second-order valence-electron chi connectivity index (χ2n) is 6.55. The van der Waals surface area contributed by atoms with Gasteiger partial charge in [-0.15, -0.1) is 0 Å². The second-order valence-corrected chi connectivity index (χ2v) is 7.08. The number of hydrogen-bond donors (Lipinski definition) is 0. The maximum absolute atomic E-state index is 12.1. The van der Waals surface area contributed by atoms with Gasteiger partial charge in [-0.2, -0.15) is 8.75 Å². The van der Waals surface area contributed by atoms with Gasteiger partial charge in [-0.1, -0.05) is 18.2 Å². The van der Waals surface area contributed by atoms with Crippen molar-refractivity contribution in [2.24, 2.45) is 0 Å². The van der Waals surface area contributed by atoms with Crippen molar-refractivity contribution in [2.75, 3.05) is 11.9 Å². The number of amides is 1. The normalized spacial score (nSPS) is 11.5. The maximum atomic E-state index is 12.1. The highest BCUT2D eigenvalue weighted by Gasteiger charge is 2.20. The molecule has 3 rings (SSSR count). The Balaban J connectivity index is 1.81. The van der Waals surface area contributed by atoms with Crippen LogP contribution < -0.4 is 4.90 Å². The van der Waals surface area contributed by atoms with Crippen LogP contribution in [0.1, 0.15) is 20.8 Å². The fraction of sp³-hybridized carbons (Fsp3) is 0.278. The molecular weight excluding hydrogens is 322 g/mol. The van der Waals surface area contributed by atoms with E-state index in [1.165, 1.54) is 16.6 Å². The molecule has 1 amide bonds. The van der Waals surface area contributed by atoms with Gasteiger partial charge in [0.1, 0.15) is 16.6 Å². The van der Waals surface area contributed by atoms with E-state index in [4.69, 9.17) is 4.74 Å². The minimum absolute atomic E-state index is 0.370. The Kier molecular flexibility index (Phi) is 4.24. The average molecular weight is 341 g/mol. The summed E-state index contributed by atoms with van der Waals surface area (Å²) >= 11 is 1.21. The molecule has 24 heavy (non-hydrogen) atoms. The highest BCUT2D eigenvalue weighted by molar-refractivity contribution is 7.00. The standard InChI is InChI=1S/C18H19N3O2S/c1-18(2,3)23-17(22)21(4)14-8-5-12(6-9-14)13-7-10-15-16(11-13)20-24-19-15/h5-11H,1-4H3. The molecule has 6 heteroatoms. The van der Waals surface area contributed by atoms with E-state index in [2.05, 4.69) is 8.75 Å². The van der Waals surface area contributed by atoms with Gasteiger partial charge in [0.05, 0.1) is 11.7 Å². The van der Waals surface area contributed by atoms with Crippen molar-refractivity contribution >= 4 is 34.5 Å². The highest BCUT2D eigenvalue weighted by Crippen LogP contribution is 2.26. The number of carbonyl (C=O) groups is 1. The van der Waals surface area contributed by atoms with Gasteiger partial charge in [0, 0.05) is 12.7 Å². The molecule has 0 aliphatic heterocycles. The van der Waals surface area contributed by atoms with Crippen LogP contribution in [0.25, 0.3) is 22.2 Å². The van der Waals surface area contributed by atoms with E-state index in [9.17, 15) is 4.79 Å². The van der Waals surface area contributed by atoms with Gasteiger partial charge in [-0.3, -0.25) is 4.90 Å². The van der Waals surface area contributed by atoms with Gasteiger partial charge < -0.3 is 4.74 Å². The number of nitrogens with zero attached hydrogens (tertiary/aromatic N) is 3. The number of fused-ring (bicyclic) bond motifs is 1. The lowest BCUT2D eigenvalue weighted by Gasteiger charge is -2.24. The van der Waals surface area contributed by atoms with Crippen LogP contribution in [-0.4, -0.2) is 27.5 Å². The Morgan fingerprint density at radius 2 is 1.62 bits per heavy atom. The number of rotatable bonds is 2. The van der Waals surface area contributed by atoms with Crippen molar-refractivity contribution in [1.29, 1.82) is 0 Å². The SMILES string of the molecule is CN(C(=O)OC(C)(C)C)c1ccc(-c2ccc3nsnc3c2)cc1. The van der Waals surface area contributed by atoms with Crippen molar-refractivity contribution in [1.82, 2.24) is 8.75 Å². The van der Waals surface area contributed by atoms with Crippen molar-refractivity contribution in [3.63, 3.8) is 0 Å². The fourth-order valence-corrected chi connectivity index (χ4v) is 2.79. The molecule has 0 radical (unpaired) electrons. The molecule has 0 saturated heterocycles. The van der Waals surface area contributed by atoms with E-state index >= 15 is 0 Å². The third-order valence-electron chi connectivity index (χ3n) is 3.51. The molecule has 1 aromatic heterocycles. The first-order valence-electron chi connectivity index (χ1n) is 7.63. The summed E-state index contributed by atoms with van der Waals surface area (Å²) in [7, 11) is 1.70. The molecule has 0 atom stereocenters. The predicted octanol–water partition coefficient (Wildman–Crippen LogP) is 4.73. The van der Waals surface area contributed by atoms with Gasteiger partial charge >= 0.3 is 6.09 Å². The first-order valence-corrected chi connectivity index (χ1v) is 8.36. The van der Waals surface area contributed by atoms with E-state index in [1.54, 1.807) is 7.05 Å². The summed E-state index contributed by atoms with van der Waals surface area (Å²) in [5.74, 6) is 0. The minimum atomic E-state index is -0.512. The second kappa shape index (κ2) is 6.20. The number of hydrogen-bond acceptors (Lipinski definition) is 5. The molecule has 0 spiro atoms. The monoisotopic (exact) mass is 341 g/mol.